The number of likely N-dealkylation sites (tertiary alicyclic amines) is 1. The lowest BCUT2D eigenvalue weighted by molar-refractivity contribution is 0.0782. The molecule has 23 heavy (non-hydrogen) atoms. The minimum absolute atomic E-state index is 0.148. The van der Waals surface area contributed by atoms with Crippen LogP contribution in [0.1, 0.15) is 22.2 Å². The van der Waals surface area contributed by atoms with Crippen molar-refractivity contribution in [2.24, 2.45) is 5.92 Å². The van der Waals surface area contributed by atoms with Gasteiger partial charge in [0, 0.05) is 36.5 Å². The van der Waals surface area contributed by atoms with E-state index in [1.54, 1.807) is 18.4 Å². The van der Waals surface area contributed by atoms with E-state index in [0.29, 0.717) is 18.6 Å². The highest BCUT2D eigenvalue weighted by atomic mass is 32.1. The van der Waals surface area contributed by atoms with Gasteiger partial charge in [0.05, 0.1) is 11.5 Å². The maximum absolute atomic E-state index is 13.1. The van der Waals surface area contributed by atoms with Crippen LogP contribution in [0.25, 0.3) is 10.1 Å². The van der Waals surface area contributed by atoms with E-state index in [4.69, 9.17) is 4.74 Å². The quantitative estimate of drug-likeness (QED) is 0.863. The molecule has 0 spiro atoms. The largest absolute Gasteiger partial charge is 0.380 e. The van der Waals surface area contributed by atoms with Crippen molar-refractivity contribution in [2.45, 2.75) is 19.6 Å². The highest BCUT2D eigenvalue weighted by Gasteiger charge is 2.35. The molecule has 1 aromatic carbocycles. The molecule has 2 aromatic rings. The maximum atomic E-state index is 13.1. The van der Waals surface area contributed by atoms with Gasteiger partial charge in [-0.1, -0.05) is 25.1 Å². The lowest BCUT2D eigenvalue weighted by Gasteiger charge is -2.22. The van der Waals surface area contributed by atoms with Crippen molar-refractivity contribution in [2.75, 3.05) is 34.3 Å². The second-order valence-electron chi connectivity index (χ2n) is 6.56. The summed E-state index contributed by atoms with van der Waals surface area (Å²) in [7, 11) is 5.86. The molecule has 0 bridgehead atoms. The van der Waals surface area contributed by atoms with Crippen molar-refractivity contribution in [3.05, 3.63) is 34.7 Å². The second-order valence-corrected chi connectivity index (χ2v) is 7.61. The Morgan fingerprint density at radius 2 is 2.09 bits per heavy atom. The number of benzene rings is 1. The number of nitrogens with zero attached hydrogens (tertiary/aromatic N) is 2. The van der Waals surface area contributed by atoms with Crippen molar-refractivity contribution in [1.82, 2.24) is 9.80 Å². The van der Waals surface area contributed by atoms with E-state index in [2.05, 4.69) is 38.1 Å². The van der Waals surface area contributed by atoms with Crippen LogP contribution in [0.2, 0.25) is 0 Å². The second kappa shape index (κ2) is 6.59. The summed E-state index contributed by atoms with van der Waals surface area (Å²) in [6.45, 7) is 4.32. The molecule has 1 saturated heterocycles. The smallest absolute Gasteiger partial charge is 0.264 e. The molecule has 0 saturated carbocycles. The predicted molar refractivity (Wildman–Crippen MR) is 95.1 cm³/mol. The molecule has 2 heterocycles. The minimum Gasteiger partial charge on any atom is -0.380 e. The fourth-order valence-electron chi connectivity index (χ4n) is 3.49. The minimum atomic E-state index is 0.148. The SMILES string of the molecule is COCc1c(C(=O)N2CC(C)C(N(C)C)C2)sc2ccccc12. The Kier molecular flexibility index (Phi) is 4.71. The molecule has 3 rings (SSSR count). The average Bonchev–Trinajstić information content (AvgIpc) is 3.09. The molecule has 1 aliphatic rings. The molecule has 1 aliphatic heterocycles. The zero-order valence-corrected chi connectivity index (χ0v) is 15.0. The first-order chi connectivity index (χ1) is 11.0. The monoisotopic (exact) mass is 332 g/mol. The first kappa shape index (κ1) is 16.4. The van der Waals surface area contributed by atoms with Gasteiger partial charge in [-0.3, -0.25) is 4.79 Å². The fourth-order valence-corrected chi connectivity index (χ4v) is 4.67. The van der Waals surface area contributed by atoms with Crippen molar-refractivity contribution in [3.63, 3.8) is 0 Å². The van der Waals surface area contributed by atoms with Gasteiger partial charge in [0.25, 0.3) is 5.91 Å². The van der Waals surface area contributed by atoms with Gasteiger partial charge >= 0.3 is 0 Å². The maximum Gasteiger partial charge on any atom is 0.264 e. The topological polar surface area (TPSA) is 32.8 Å². The molecule has 2 unspecified atom stereocenters. The van der Waals surface area contributed by atoms with E-state index in [0.717, 1.165) is 33.6 Å². The van der Waals surface area contributed by atoms with Crippen molar-refractivity contribution < 1.29 is 9.53 Å². The summed E-state index contributed by atoms with van der Waals surface area (Å²) in [5.41, 5.74) is 1.03. The Bertz CT molecular complexity index is 710. The number of amides is 1. The molecular formula is C18H24N2O2S. The van der Waals surface area contributed by atoms with Crippen molar-refractivity contribution in [3.8, 4) is 0 Å². The van der Waals surface area contributed by atoms with Gasteiger partial charge in [-0.15, -0.1) is 11.3 Å². The molecular weight excluding hydrogens is 308 g/mol. The number of likely N-dealkylation sites (N-methyl/N-ethyl adjacent to an activating group) is 1. The van der Waals surface area contributed by atoms with Crippen LogP contribution in [0.3, 0.4) is 0 Å². The molecule has 2 atom stereocenters. The highest BCUT2D eigenvalue weighted by Crippen LogP contribution is 2.34. The lowest BCUT2D eigenvalue weighted by atomic mass is 10.1. The summed E-state index contributed by atoms with van der Waals surface area (Å²) in [5.74, 6) is 0.642. The van der Waals surface area contributed by atoms with Gasteiger partial charge in [-0.05, 0) is 31.5 Å². The van der Waals surface area contributed by atoms with E-state index < -0.39 is 0 Å². The van der Waals surface area contributed by atoms with Gasteiger partial charge in [0.2, 0.25) is 0 Å². The zero-order valence-electron chi connectivity index (χ0n) is 14.2. The Labute approximate surface area is 141 Å². The molecule has 0 aliphatic carbocycles. The van der Waals surface area contributed by atoms with Gasteiger partial charge in [0.15, 0.2) is 0 Å². The number of hydrogen-bond acceptors (Lipinski definition) is 4. The Morgan fingerprint density at radius 3 is 2.74 bits per heavy atom. The van der Waals surface area contributed by atoms with Crippen LogP contribution in [0.15, 0.2) is 24.3 Å². The van der Waals surface area contributed by atoms with Crippen LogP contribution < -0.4 is 0 Å². The van der Waals surface area contributed by atoms with E-state index in [-0.39, 0.29) is 5.91 Å². The summed E-state index contributed by atoms with van der Waals surface area (Å²) in [6.07, 6.45) is 0. The van der Waals surface area contributed by atoms with Crippen molar-refractivity contribution in [1.29, 1.82) is 0 Å². The highest BCUT2D eigenvalue weighted by molar-refractivity contribution is 7.21. The van der Waals surface area contributed by atoms with Crippen LogP contribution in [-0.2, 0) is 11.3 Å². The first-order valence-corrected chi connectivity index (χ1v) is 8.79. The molecule has 1 aromatic heterocycles. The molecule has 5 heteroatoms. The summed E-state index contributed by atoms with van der Waals surface area (Å²) < 4.78 is 6.51. The third-order valence-corrected chi connectivity index (χ3v) is 5.91. The third-order valence-electron chi connectivity index (χ3n) is 4.70. The zero-order chi connectivity index (χ0) is 16.6. The number of rotatable bonds is 4. The van der Waals surface area contributed by atoms with Crippen molar-refractivity contribution >= 4 is 27.3 Å². The number of methoxy groups -OCH3 is 1. The Hall–Kier alpha value is -1.43. The van der Waals surface area contributed by atoms with Crippen LogP contribution in [0, 0.1) is 5.92 Å². The third kappa shape index (κ3) is 3.01. The normalized spacial score (nSPS) is 21.5. The number of carbonyl (C=O) groups excluding carboxylic acids is 1. The van der Waals surface area contributed by atoms with E-state index in [1.165, 1.54) is 0 Å². The molecule has 0 N–H and O–H groups in total. The fraction of sp³-hybridized carbons (Fsp3) is 0.500. The number of carbonyl (C=O) groups is 1. The number of hydrogen-bond donors (Lipinski definition) is 0. The number of fused-ring (bicyclic) bond motifs is 1. The lowest BCUT2D eigenvalue weighted by Crippen LogP contribution is -2.35. The molecule has 0 radical (unpaired) electrons. The van der Waals surface area contributed by atoms with E-state index >= 15 is 0 Å². The average molecular weight is 332 g/mol. The summed E-state index contributed by atoms with van der Waals surface area (Å²) >= 11 is 1.58. The number of ether oxygens (including phenoxy) is 1. The molecule has 4 nitrogen and oxygen atoms in total. The summed E-state index contributed by atoms with van der Waals surface area (Å²) in [5, 5.41) is 1.14. The van der Waals surface area contributed by atoms with Gasteiger partial charge < -0.3 is 14.5 Å². The predicted octanol–water partition coefficient (Wildman–Crippen LogP) is 3.07. The summed E-state index contributed by atoms with van der Waals surface area (Å²) in [4.78, 5) is 18.1. The van der Waals surface area contributed by atoms with E-state index in [9.17, 15) is 4.79 Å². The van der Waals surface area contributed by atoms with Gasteiger partial charge in [-0.2, -0.15) is 0 Å². The van der Waals surface area contributed by atoms with Crippen LogP contribution in [0.5, 0.6) is 0 Å². The molecule has 1 amide bonds. The first-order valence-electron chi connectivity index (χ1n) is 7.98. The standard InChI is InChI=1S/C18H24N2O2S/c1-12-9-20(10-15(12)19(2)3)18(21)17-14(11-22-4)13-7-5-6-8-16(13)23-17/h5-8,12,15H,9-11H2,1-4H3. The number of thiophene rings is 1. The Balaban J connectivity index is 1.94. The Morgan fingerprint density at radius 1 is 1.35 bits per heavy atom. The molecule has 124 valence electrons. The van der Waals surface area contributed by atoms with Crippen LogP contribution >= 0.6 is 11.3 Å². The van der Waals surface area contributed by atoms with Crippen LogP contribution in [-0.4, -0.2) is 56.0 Å². The molecule has 1 fully saturated rings. The summed E-state index contributed by atoms with van der Waals surface area (Å²) in [6, 6.07) is 8.61. The van der Waals surface area contributed by atoms with Gasteiger partial charge in [-0.25, -0.2) is 0 Å². The van der Waals surface area contributed by atoms with Crippen LogP contribution in [0.4, 0.5) is 0 Å². The van der Waals surface area contributed by atoms with Gasteiger partial charge in [0.1, 0.15) is 0 Å². The van der Waals surface area contributed by atoms with E-state index in [1.807, 2.05) is 17.0 Å².